The summed E-state index contributed by atoms with van der Waals surface area (Å²) in [6.45, 7) is 0.403. The lowest BCUT2D eigenvalue weighted by molar-refractivity contribution is -0.274. The minimum Gasteiger partial charge on any atom is -0.406 e. The molecule has 1 aliphatic carbocycles. The second-order valence-corrected chi connectivity index (χ2v) is 5.72. The average molecular weight is 331 g/mol. The van der Waals surface area contributed by atoms with Gasteiger partial charge >= 0.3 is 6.36 Å². The number of ether oxygens (including phenoxy) is 1. The van der Waals surface area contributed by atoms with Crippen molar-refractivity contribution in [3.8, 4) is 5.75 Å². The van der Waals surface area contributed by atoms with Crippen LogP contribution < -0.4 is 10.1 Å². The van der Waals surface area contributed by atoms with Crippen LogP contribution in [-0.2, 0) is 11.2 Å². The average Bonchev–Trinajstić information content (AvgIpc) is 2.88. The van der Waals surface area contributed by atoms with Crippen LogP contribution in [0.25, 0.3) is 0 Å². The van der Waals surface area contributed by atoms with Crippen LogP contribution in [0.4, 0.5) is 13.2 Å². The molecule has 128 valence electrons. The van der Waals surface area contributed by atoms with E-state index in [0.29, 0.717) is 12.1 Å². The fraction of sp³-hybridized carbons (Fsp3) is 0.562. The lowest BCUT2D eigenvalue weighted by Gasteiger charge is -2.15. The fourth-order valence-electron chi connectivity index (χ4n) is 2.77. The highest BCUT2D eigenvalue weighted by molar-refractivity contribution is 5.76. The van der Waals surface area contributed by atoms with Gasteiger partial charge in [-0.25, -0.2) is 0 Å². The normalized spacial score (nSPS) is 21.2. The molecule has 23 heavy (non-hydrogen) atoms. The number of aliphatic hydroxyl groups is 1. The summed E-state index contributed by atoms with van der Waals surface area (Å²) >= 11 is 0. The number of rotatable bonds is 6. The van der Waals surface area contributed by atoms with Crippen LogP contribution in [0, 0.1) is 5.92 Å². The second kappa shape index (κ2) is 7.68. The number of halogens is 3. The van der Waals surface area contributed by atoms with Crippen molar-refractivity contribution in [2.45, 2.75) is 44.6 Å². The molecule has 2 atom stereocenters. The summed E-state index contributed by atoms with van der Waals surface area (Å²) in [5.41, 5.74) is 0.334. The van der Waals surface area contributed by atoms with E-state index in [1.807, 2.05) is 0 Å². The van der Waals surface area contributed by atoms with Crippen molar-refractivity contribution < 1.29 is 27.8 Å². The number of aryl methyl sites for hydroxylation is 1. The number of benzene rings is 1. The number of nitrogens with one attached hydrogen (secondary N) is 1. The summed E-state index contributed by atoms with van der Waals surface area (Å²) in [6, 6.07) is 5.79. The Bertz CT molecular complexity index is 534. The Morgan fingerprint density at radius 2 is 2.04 bits per heavy atom. The molecule has 2 N–H and O–H groups in total. The Kier molecular flexibility index (Phi) is 5.87. The minimum atomic E-state index is -4.75. The van der Waals surface area contributed by atoms with Gasteiger partial charge in [-0.2, -0.15) is 0 Å². The zero-order valence-corrected chi connectivity index (χ0v) is 12.6. The van der Waals surface area contributed by atoms with Crippen molar-refractivity contribution in [2.24, 2.45) is 5.92 Å². The van der Waals surface area contributed by atoms with Crippen LogP contribution in [-0.4, -0.2) is 30.0 Å². The second-order valence-electron chi connectivity index (χ2n) is 5.72. The SMILES string of the molecule is O=C(CCc1ccccc1OC(F)(F)F)NCC1CCCC1O. The Morgan fingerprint density at radius 1 is 1.30 bits per heavy atom. The molecule has 2 unspecified atom stereocenters. The van der Waals surface area contributed by atoms with Gasteiger partial charge in [-0.15, -0.1) is 13.2 Å². The summed E-state index contributed by atoms with van der Waals surface area (Å²) in [5.74, 6) is -0.454. The third-order valence-corrected chi connectivity index (χ3v) is 4.00. The number of para-hydroxylation sites is 1. The smallest absolute Gasteiger partial charge is 0.406 e. The third-order valence-electron chi connectivity index (χ3n) is 4.00. The van der Waals surface area contributed by atoms with Gasteiger partial charge < -0.3 is 15.2 Å². The van der Waals surface area contributed by atoms with Crippen molar-refractivity contribution >= 4 is 5.91 Å². The first-order valence-electron chi connectivity index (χ1n) is 7.63. The third kappa shape index (κ3) is 5.74. The predicted molar refractivity (Wildman–Crippen MR) is 77.8 cm³/mol. The van der Waals surface area contributed by atoms with Gasteiger partial charge in [0, 0.05) is 18.9 Å². The summed E-state index contributed by atoms with van der Waals surface area (Å²) in [4.78, 5) is 11.8. The topological polar surface area (TPSA) is 58.6 Å². The maximum Gasteiger partial charge on any atom is 0.573 e. The van der Waals surface area contributed by atoms with Gasteiger partial charge in [0.15, 0.2) is 0 Å². The molecule has 0 aliphatic heterocycles. The van der Waals surface area contributed by atoms with Crippen LogP contribution in [0.1, 0.15) is 31.2 Å². The number of hydrogen-bond acceptors (Lipinski definition) is 3. The number of hydrogen-bond donors (Lipinski definition) is 2. The molecule has 1 saturated carbocycles. The molecule has 1 fully saturated rings. The summed E-state index contributed by atoms with van der Waals surface area (Å²) in [7, 11) is 0. The maximum atomic E-state index is 12.3. The van der Waals surface area contributed by atoms with E-state index in [-0.39, 0.29) is 36.5 Å². The predicted octanol–water partition coefficient (Wildman–Crippen LogP) is 2.80. The molecule has 7 heteroatoms. The highest BCUT2D eigenvalue weighted by Crippen LogP contribution is 2.27. The molecule has 0 aromatic heterocycles. The van der Waals surface area contributed by atoms with E-state index >= 15 is 0 Å². The zero-order valence-electron chi connectivity index (χ0n) is 12.6. The summed E-state index contributed by atoms with van der Waals surface area (Å²) in [6.07, 6.45) is -2.32. The van der Waals surface area contributed by atoms with Crippen molar-refractivity contribution in [2.75, 3.05) is 6.54 Å². The lowest BCUT2D eigenvalue weighted by atomic mass is 10.1. The number of carbonyl (C=O) groups excluding carboxylic acids is 1. The van der Waals surface area contributed by atoms with Crippen LogP contribution in [0.5, 0.6) is 5.75 Å². The summed E-state index contributed by atoms with van der Waals surface area (Å²) in [5, 5.41) is 12.4. The quantitative estimate of drug-likeness (QED) is 0.843. The first-order chi connectivity index (χ1) is 10.8. The van der Waals surface area contributed by atoms with E-state index in [9.17, 15) is 23.1 Å². The fourth-order valence-corrected chi connectivity index (χ4v) is 2.77. The number of amides is 1. The molecule has 1 aliphatic rings. The Labute approximate surface area is 132 Å². The molecule has 0 saturated heterocycles. The molecule has 4 nitrogen and oxygen atoms in total. The summed E-state index contributed by atoms with van der Waals surface area (Å²) < 4.78 is 40.9. The van der Waals surface area contributed by atoms with E-state index in [1.54, 1.807) is 6.07 Å². The monoisotopic (exact) mass is 331 g/mol. The van der Waals surface area contributed by atoms with Gasteiger partial charge in [-0.3, -0.25) is 4.79 Å². The van der Waals surface area contributed by atoms with Gasteiger partial charge in [-0.05, 0) is 30.9 Å². The highest BCUT2D eigenvalue weighted by atomic mass is 19.4. The molecule has 1 aromatic rings. The number of carbonyl (C=O) groups is 1. The van der Waals surface area contributed by atoms with E-state index in [4.69, 9.17) is 0 Å². The lowest BCUT2D eigenvalue weighted by Crippen LogP contribution is -2.32. The molecule has 0 heterocycles. The van der Waals surface area contributed by atoms with Crippen LogP contribution in [0.15, 0.2) is 24.3 Å². The van der Waals surface area contributed by atoms with Crippen molar-refractivity contribution in [3.05, 3.63) is 29.8 Å². The zero-order chi connectivity index (χ0) is 16.9. The van der Waals surface area contributed by atoms with Crippen LogP contribution in [0.3, 0.4) is 0 Å². The standard InChI is InChI=1S/C16H20F3NO3/c17-16(18,19)23-14-7-2-1-4-11(14)8-9-15(22)20-10-12-5-3-6-13(12)21/h1-2,4,7,12-13,21H,3,5-6,8-10H2,(H,20,22). The van der Waals surface area contributed by atoms with E-state index in [2.05, 4.69) is 10.1 Å². The van der Waals surface area contributed by atoms with Crippen molar-refractivity contribution in [3.63, 3.8) is 0 Å². The van der Waals surface area contributed by atoms with E-state index in [1.165, 1.54) is 18.2 Å². The molecular formula is C16H20F3NO3. The minimum absolute atomic E-state index is 0.0693. The van der Waals surface area contributed by atoms with Gasteiger partial charge in [0.05, 0.1) is 6.10 Å². The van der Waals surface area contributed by atoms with Gasteiger partial charge in [0.1, 0.15) is 5.75 Å². The molecule has 0 spiro atoms. The van der Waals surface area contributed by atoms with Gasteiger partial charge in [0.2, 0.25) is 5.91 Å². The first-order valence-corrected chi connectivity index (χ1v) is 7.63. The Balaban J connectivity index is 1.82. The van der Waals surface area contributed by atoms with E-state index < -0.39 is 6.36 Å². The number of alkyl halides is 3. The highest BCUT2D eigenvalue weighted by Gasteiger charge is 2.32. The first kappa shape index (κ1) is 17.6. The molecule has 1 amide bonds. The molecule has 1 aromatic carbocycles. The molecule has 0 bridgehead atoms. The van der Waals surface area contributed by atoms with Crippen LogP contribution in [0.2, 0.25) is 0 Å². The van der Waals surface area contributed by atoms with Gasteiger partial charge in [0.25, 0.3) is 0 Å². The molecule has 2 rings (SSSR count). The molecule has 0 radical (unpaired) electrons. The van der Waals surface area contributed by atoms with Crippen molar-refractivity contribution in [1.29, 1.82) is 0 Å². The largest absolute Gasteiger partial charge is 0.573 e. The maximum absolute atomic E-state index is 12.3. The Hall–Kier alpha value is -1.76. The molecular weight excluding hydrogens is 311 g/mol. The van der Waals surface area contributed by atoms with Crippen LogP contribution >= 0.6 is 0 Å². The van der Waals surface area contributed by atoms with E-state index in [0.717, 1.165) is 19.3 Å². The van der Waals surface area contributed by atoms with Gasteiger partial charge in [-0.1, -0.05) is 24.6 Å². The van der Waals surface area contributed by atoms with Crippen molar-refractivity contribution in [1.82, 2.24) is 5.32 Å². The Morgan fingerprint density at radius 3 is 2.70 bits per heavy atom. The number of aliphatic hydroxyl groups excluding tert-OH is 1.